The van der Waals surface area contributed by atoms with Crippen LogP contribution < -0.4 is 40.6 Å². The Balaban J connectivity index is -0.000000142. The molecule has 0 aromatic carbocycles. The summed E-state index contributed by atoms with van der Waals surface area (Å²) in [5.41, 5.74) is 4.66. The van der Waals surface area contributed by atoms with Crippen LogP contribution in [0, 0.1) is 0 Å². The average Bonchev–Trinajstić information content (AvgIpc) is 1.88. The van der Waals surface area contributed by atoms with Crippen LogP contribution in [0.3, 0.4) is 0 Å². The molecule has 12 heavy (non-hydrogen) atoms. The van der Waals surface area contributed by atoms with Gasteiger partial charge in [0.2, 0.25) is 0 Å². The van der Waals surface area contributed by atoms with Gasteiger partial charge in [-0.25, -0.2) is 0 Å². The molecule has 5 heteroatoms. The predicted octanol–water partition coefficient (Wildman–Crippen LogP) is -2.27. The van der Waals surface area contributed by atoms with Gasteiger partial charge in [0, 0.05) is 13.1 Å². The zero-order valence-corrected chi connectivity index (χ0v) is 11.0. The third kappa shape index (κ3) is 46.5. The number of rotatable bonds is 4. The van der Waals surface area contributed by atoms with Crippen molar-refractivity contribution in [1.29, 1.82) is 0 Å². The SMILES string of the molecule is C=CCNCC=C.NC(=S)[S-].[Na+]. The van der Waals surface area contributed by atoms with Crippen LogP contribution in [0.1, 0.15) is 0 Å². The van der Waals surface area contributed by atoms with Crippen molar-refractivity contribution in [1.82, 2.24) is 5.32 Å². The molecule has 3 N–H and O–H groups in total. The molecule has 0 aromatic heterocycles. The fourth-order valence-electron chi connectivity index (χ4n) is 0.287. The number of thiocarbonyl (C=S) groups is 1. The summed E-state index contributed by atoms with van der Waals surface area (Å²) in [5, 5.41) is 3.05. The zero-order valence-electron chi connectivity index (χ0n) is 7.38. The van der Waals surface area contributed by atoms with Gasteiger partial charge in [-0.2, -0.15) is 0 Å². The summed E-state index contributed by atoms with van der Waals surface area (Å²) >= 11 is 8.26. The monoisotopic (exact) mass is 212 g/mol. The van der Waals surface area contributed by atoms with Gasteiger partial charge in [-0.3, -0.25) is 0 Å². The summed E-state index contributed by atoms with van der Waals surface area (Å²) in [6, 6.07) is 0. The molecule has 0 unspecified atom stereocenters. The molecule has 0 fully saturated rings. The van der Waals surface area contributed by atoms with Gasteiger partial charge in [0.05, 0.1) is 0 Å². The summed E-state index contributed by atoms with van der Waals surface area (Å²) in [6.45, 7) is 8.81. The second-order valence-electron chi connectivity index (χ2n) is 1.55. The third-order valence-corrected chi connectivity index (χ3v) is 0.577. The average molecular weight is 212 g/mol. The van der Waals surface area contributed by atoms with Crippen molar-refractivity contribution < 1.29 is 29.6 Å². The third-order valence-electron chi connectivity index (χ3n) is 0.577. The quantitative estimate of drug-likeness (QED) is 0.181. The molecule has 0 amide bonds. The largest absolute Gasteiger partial charge is 1.00 e. The molecule has 2 nitrogen and oxygen atoms in total. The van der Waals surface area contributed by atoms with Gasteiger partial charge in [-0.1, -0.05) is 16.5 Å². The van der Waals surface area contributed by atoms with E-state index in [-0.39, 0.29) is 33.9 Å². The summed E-state index contributed by atoms with van der Waals surface area (Å²) in [6.07, 6.45) is 3.65. The van der Waals surface area contributed by atoms with Crippen molar-refractivity contribution in [3.8, 4) is 0 Å². The molecule has 0 aliphatic heterocycles. The molecule has 64 valence electrons. The van der Waals surface area contributed by atoms with Crippen LogP contribution in [0.25, 0.3) is 0 Å². The number of hydrogen-bond acceptors (Lipinski definition) is 3. The van der Waals surface area contributed by atoms with E-state index in [0.717, 1.165) is 13.1 Å². The van der Waals surface area contributed by atoms with Gasteiger partial charge < -0.3 is 35.9 Å². The molecular weight excluding hydrogens is 199 g/mol. The molecule has 0 bridgehead atoms. The number of hydrogen-bond donors (Lipinski definition) is 2. The van der Waals surface area contributed by atoms with Gasteiger partial charge in [0.25, 0.3) is 0 Å². The standard InChI is InChI=1S/C6H11N.CH3NS2.Na/c1-3-5-7-6-4-2;2-1(3)4;/h3-4,7H,1-2,5-6H2;(H3,2,3,4);/q;;+1/p-1. The van der Waals surface area contributed by atoms with Crippen molar-refractivity contribution in [3.05, 3.63) is 25.3 Å². The maximum atomic E-state index is 4.66. The topological polar surface area (TPSA) is 38.0 Å². The van der Waals surface area contributed by atoms with E-state index in [2.05, 4.69) is 49.1 Å². The van der Waals surface area contributed by atoms with Crippen LogP contribution in [-0.4, -0.2) is 17.4 Å². The van der Waals surface area contributed by atoms with Gasteiger partial charge in [0.1, 0.15) is 0 Å². The Labute approximate surface area is 107 Å². The first kappa shape index (κ1) is 18.4. The van der Waals surface area contributed by atoms with E-state index in [9.17, 15) is 0 Å². The Morgan fingerprint density at radius 2 is 1.67 bits per heavy atom. The number of nitrogens with two attached hydrogens (primary N) is 1. The summed E-state index contributed by atoms with van der Waals surface area (Å²) < 4.78 is 0.0833. The Morgan fingerprint density at radius 3 is 1.83 bits per heavy atom. The van der Waals surface area contributed by atoms with Crippen LogP contribution >= 0.6 is 12.2 Å². The zero-order chi connectivity index (χ0) is 9.11. The van der Waals surface area contributed by atoms with Crippen molar-refractivity contribution in [2.45, 2.75) is 0 Å². The van der Waals surface area contributed by atoms with E-state index in [1.165, 1.54) is 0 Å². The van der Waals surface area contributed by atoms with Crippen molar-refractivity contribution in [2.24, 2.45) is 5.73 Å². The molecule has 0 aliphatic rings. The Hall–Kier alpha value is 0.550. The van der Waals surface area contributed by atoms with E-state index in [1.54, 1.807) is 0 Å². The van der Waals surface area contributed by atoms with Crippen LogP contribution in [0.4, 0.5) is 0 Å². The molecule has 0 rings (SSSR count). The summed E-state index contributed by atoms with van der Waals surface area (Å²) in [4.78, 5) is 0. The minimum Gasteiger partial charge on any atom is -0.415 e. The second kappa shape index (κ2) is 17.6. The Bertz CT molecular complexity index is 117. The first-order valence-electron chi connectivity index (χ1n) is 3.04. The second-order valence-corrected chi connectivity index (χ2v) is 2.69. The molecule has 0 spiro atoms. The molecular formula is C7H13N2NaS2. The first-order valence-corrected chi connectivity index (χ1v) is 3.85. The van der Waals surface area contributed by atoms with Crippen LogP contribution in [-0.2, 0) is 12.6 Å². The summed E-state index contributed by atoms with van der Waals surface area (Å²) in [7, 11) is 0. The Morgan fingerprint density at radius 1 is 1.42 bits per heavy atom. The molecule has 0 saturated carbocycles. The normalized spacial score (nSPS) is 6.67. The fraction of sp³-hybridized carbons (Fsp3) is 0.286. The minimum atomic E-state index is 0. The van der Waals surface area contributed by atoms with Crippen molar-refractivity contribution in [3.63, 3.8) is 0 Å². The van der Waals surface area contributed by atoms with E-state index in [1.807, 2.05) is 12.2 Å². The maximum absolute atomic E-state index is 4.66. The Kier molecular flexibility index (Phi) is 26.9. The van der Waals surface area contributed by atoms with Crippen molar-refractivity contribution >= 4 is 29.2 Å². The molecule has 0 atom stereocenters. The van der Waals surface area contributed by atoms with Crippen LogP contribution in [0.15, 0.2) is 25.3 Å². The minimum absolute atomic E-state index is 0. The molecule has 0 radical (unpaired) electrons. The van der Waals surface area contributed by atoms with Gasteiger partial charge in [-0.15, -0.1) is 13.2 Å². The van der Waals surface area contributed by atoms with E-state index >= 15 is 0 Å². The van der Waals surface area contributed by atoms with E-state index < -0.39 is 0 Å². The van der Waals surface area contributed by atoms with E-state index in [4.69, 9.17) is 0 Å². The van der Waals surface area contributed by atoms with Gasteiger partial charge in [-0.05, 0) is 0 Å². The van der Waals surface area contributed by atoms with Crippen LogP contribution in [0.5, 0.6) is 0 Å². The number of nitrogens with one attached hydrogen (secondary N) is 1. The summed E-state index contributed by atoms with van der Waals surface area (Å²) in [5.74, 6) is 0. The maximum Gasteiger partial charge on any atom is 1.00 e. The van der Waals surface area contributed by atoms with Gasteiger partial charge >= 0.3 is 29.6 Å². The van der Waals surface area contributed by atoms with E-state index in [0.29, 0.717) is 0 Å². The molecule has 0 saturated heterocycles. The predicted molar refractivity (Wildman–Crippen MR) is 57.4 cm³/mol. The molecule has 0 aliphatic carbocycles. The fourth-order valence-corrected chi connectivity index (χ4v) is 0.287. The van der Waals surface area contributed by atoms with Crippen LogP contribution in [0.2, 0.25) is 0 Å². The smallest absolute Gasteiger partial charge is 0.415 e. The molecule has 0 aromatic rings. The first-order chi connectivity index (χ1) is 5.15. The molecule has 0 heterocycles. The van der Waals surface area contributed by atoms with Crippen molar-refractivity contribution in [2.75, 3.05) is 13.1 Å². The van der Waals surface area contributed by atoms with Gasteiger partial charge in [0.15, 0.2) is 0 Å².